The number of halogens is 9. The summed E-state index contributed by atoms with van der Waals surface area (Å²) in [5.74, 6) is -1.64. The zero-order valence-corrected chi connectivity index (χ0v) is 31.8. The molecule has 2 fully saturated rings. The largest absolute Gasteiger partial charge is 0.447 e. The summed E-state index contributed by atoms with van der Waals surface area (Å²) in [7, 11) is 0. The van der Waals surface area contributed by atoms with Crippen molar-refractivity contribution in [3.05, 3.63) is 77.0 Å². The van der Waals surface area contributed by atoms with Gasteiger partial charge < -0.3 is 15.4 Å². The monoisotopic (exact) mass is 844 g/mol. The molecule has 2 aliphatic carbocycles. The minimum absolute atomic E-state index is 0.0561. The third kappa shape index (κ3) is 8.73. The zero-order chi connectivity index (χ0) is 42.4. The molecule has 2 aliphatic rings. The first-order chi connectivity index (χ1) is 27.1. The topological polar surface area (TPSA) is 156 Å². The molecular weight excluding hydrogens is 808 g/mol. The lowest BCUT2D eigenvalue weighted by Crippen LogP contribution is -2.54. The fourth-order valence-corrected chi connectivity index (χ4v) is 6.72. The van der Waals surface area contributed by atoms with Crippen LogP contribution in [0.25, 0.3) is 16.9 Å². The number of rotatable bonds is 14. The molecule has 0 saturated heterocycles. The van der Waals surface area contributed by atoms with E-state index in [2.05, 4.69) is 25.6 Å². The molecule has 0 bridgehead atoms. The number of hydrogen-bond acceptors (Lipinski definition) is 8. The molecule has 0 radical (unpaired) electrons. The summed E-state index contributed by atoms with van der Waals surface area (Å²) < 4.78 is 118. The van der Waals surface area contributed by atoms with Crippen LogP contribution in [-0.4, -0.2) is 77.6 Å². The van der Waals surface area contributed by atoms with Crippen LogP contribution in [0.3, 0.4) is 0 Å². The van der Waals surface area contributed by atoms with Crippen molar-refractivity contribution in [3.8, 4) is 16.9 Å². The Hall–Kier alpha value is -5.34. The molecule has 0 aliphatic heterocycles. The van der Waals surface area contributed by atoms with Crippen LogP contribution in [0.4, 0.5) is 39.9 Å². The van der Waals surface area contributed by atoms with Gasteiger partial charge in [0.05, 0.1) is 39.9 Å². The maximum absolute atomic E-state index is 14.4. The summed E-state index contributed by atoms with van der Waals surface area (Å²) in [6, 6.07) is 8.54. The number of carbonyl (C=O) groups excluding carboxylic acids is 2. The molecule has 2 atom stereocenters. The average molecular weight is 845 g/mol. The number of nitrogens with one attached hydrogen (secondary N) is 3. The van der Waals surface area contributed by atoms with Gasteiger partial charge in [-0.15, -0.1) is 0 Å². The van der Waals surface area contributed by atoms with E-state index in [4.69, 9.17) is 21.7 Å². The van der Waals surface area contributed by atoms with E-state index in [9.17, 15) is 44.7 Å². The molecule has 2 aromatic heterocycles. The lowest BCUT2D eigenvalue weighted by molar-refractivity contribution is -0.218. The molecule has 312 valence electrons. The number of hydrogen-bond donors (Lipinski definition) is 3. The Bertz CT molecular complexity index is 2150. The first-order valence-corrected chi connectivity index (χ1v) is 18.2. The van der Waals surface area contributed by atoms with Crippen LogP contribution >= 0.6 is 11.6 Å². The van der Waals surface area contributed by atoms with Crippen LogP contribution in [0.5, 0.6) is 0 Å². The second-order valence-electron chi connectivity index (χ2n) is 15.1. The number of benzene rings is 2. The Balaban J connectivity index is 1.35. The van der Waals surface area contributed by atoms with E-state index in [1.54, 1.807) is 28.4 Å². The highest BCUT2D eigenvalue weighted by atomic mass is 35.5. The molecule has 2 heterocycles. The van der Waals surface area contributed by atoms with E-state index in [1.165, 1.54) is 31.2 Å². The van der Waals surface area contributed by atoms with E-state index in [0.717, 1.165) is 39.1 Å². The second-order valence-corrected chi connectivity index (χ2v) is 15.5. The molecule has 0 spiro atoms. The Morgan fingerprint density at radius 3 is 2.31 bits per heavy atom. The number of guanidine groups is 1. The van der Waals surface area contributed by atoms with Gasteiger partial charge in [0, 0.05) is 5.56 Å². The Morgan fingerprint density at radius 1 is 1.07 bits per heavy atom. The van der Waals surface area contributed by atoms with Crippen molar-refractivity contribution in [1.82, 2.24) is 45.3 Å². The van der Waals surface area contributed by atoms with E-state index in [-0.39, 0.29) is 34.3 Å². The minimum atomic E-state index is -4.81. The number of alkyl halides is 8. The van der Waals surface area contributed by atoms with Crippen LogP contribution < -0.4 is 10.6 Å². The van der Waals surface area contributed by atoms with Gasteiger partial charge >= 0.3 is 18.4 Å². The molecule has 6 rings (SSSR count). The Labute approximate surface area is 330 Å². The highest BCUT2D eigenvalue weighted by Crippen LogP contribution is 2.49. The lowest BCUT2D eigenvalue weighted by Gasteiger charge is -2.42. The maximum Gasteiger partial charge on any atom is 0.411 e. The normalized spacial score (nSPS) is 17.0. The highest BCUT2D eigenvalue weighted by molar-refractivity contribution is 6.32. The van der Waals surface area contributed by atoms with E-state index in [1.807, 2.05) is 0 Å². The number of aromatic nitrogens is 6. The van der Waals surface area contributed by atoms with Gasteiger partial charge in [0.15, 0.2) is 11.8 Å². The van der Waals surface area contributed by atoms with Crippen LogP contribution in [0, 0.1) is 10.8 Å². The molecule has 58 heavy (non-hydrogen) atoms. The average Bonchev–Trinajstić information content (AvgIpc) is 4.04. The van der Waals surface area contributed by atoms with Crippen LogP contribution in [-0.2, 0) is 15.1 Å². The van der Waals surface area contributed by atoms with E-state index < -0.39 is 85.1 Å². The smallest absolute Gasteiger partial charge is 0.411 e. The molecule has 3 N–H and O–H groups in total. The quantitative estimate of drug-likeness (QED) is 0.0497. The Kier molecular flexibility index (Phi) is 11.3. The molecular formula is C36H37ClF8N10O3. The molecule has 2 aromatic carbocycles. The van der Waals surface area contributed by atoms with Crippen LogP contribution in [0.1, 0.15) is 88.3 Å². The van der Waals surface area contributed by atoms with Gasteiger partial charge in [0.1, 0.15) is 24.2 Å². The van der Waals surface area contributed by atoms with E-state index >= 15 is 0 Å². The van der Waals surface area contributed by atoms with Gasteiger partial charge in [-0.3, -0.25) is 15.1 Å². The number of alkyl carbamates (subject to hydrolysis) is 1. The molecule has 2 amide bonds. The van der Waals surface area contributed by atoms with Crippen molar-refractivity contribution in [2.75, 3.05) is 6.61 Å². The fraction of sp³-hybridized carbons (Fsp3) is 0.472. The summed E-state index contributed by atoms with van der Waals surface area (Å²) in [5.41, 5.74) is -5.54. The van der Waals surface area contributed by atoms with Crippen LogP contribution in [0.15, 0.2) is 55.0 Å². The first-order valence-electron chi connectivity index (χ1n) is 17.8. The fourth-order valence-electron chi connectivity index (χ4n) is 6.52. The molecule has 22 heteroatoms. The SMILES string of the molecule is CC(CC(C)(C)C(F)(F)F)(NC(=N)N(C=O)[C@H](COC(=O)NC1(C(F)(F)F)CC1)c1ccc(Cl)c(-n2ncnc2C(F)F)c1)c1ccc(-c2cnn(C3CC3)n2)cc1. The summed E-state index contributed by atoms with van der Waals surface area (Å²) in [5, 5.41) is 26.0. The Morgan fingerprint density at radius 2 is 1.74 bits per heavy atom. The number of nitrogens with zero attached hydrogens (tertiary/aromatic N) is 7. The summed E-state index contributed by atoms with van der Waals surface area (Å²) in [6.45, 7) is 2.39. The molecule has 13 nitrogen and oxygen atoms in total. The van der Waals surface area contributed by atoms with Crippen molar-refractivity contribution in [2.45, 2.75) is 94.8 Å². The molecule has 4 aromatic rings. The summed E-state index contributed by atoms with van der Waals surface area (Å²) in [4.78, 5) is 31.4. The van der Waals surface area contributed by atoms with Gasteiger partial charge in [-0.25, -0.2) is 23.2 Å². The van der Waals surface area contributed by atoms with Crippen molar-refractivity contribution < 1.29 is 49.4 Å². The van der Waals surface area contributed by atoms with E-state index in [0.29, 0.717) is 20.8 Å². The predicted octanol–water partition coefficient (Wildman–Crippen LogP) is 8.19. The summed E-state index contributed by atoms with van der Waals surface area (Å²) in [6.07, 6.45) is -11.3. The summed E-state index contributed by atoms with van der Waals surface area (Å²) >= 11 is 6.34. The van der Waals surface area contributed by atoms with Crippen molar-refractivity contribution in [2.24, 2.45) is 5.41 Å². The zero-order valence-electron chi connectivity index (χ0n) is 31.0. The van der Waals surface area contributed by atoms with Crippen molar-refractivity contribution >= 4 is 30.1 Å². The van der Waals surface area contributed by atoms with Gasteiger partial charge in [0.2, 0.25) is 6.41 Å². The third-order valence-corrected chi connectivity index (χ3v) is 10.5. The number of ether oxygens (including phenoxy) is 1. The maximum atomic E-state index is 14.4. The second kappa shape index (κ2) is 15.4. The minimum Gasteiger partial charge on any atom is -0.447 e. The van der Waals surface area contributed by atoms with Gasteiger partial charge in [-0.1, -0.05) is 55.8 Å². The predicted molar refractivity (Wildman–Crippen MR) is 191 cm³/mol. The lowest BCUT2D eigenvalue weighted by atomic mass is 9.75. The van der Waals surface area contributed by atoms with Gasteiger partial charge in [-0.05, 0) is 62.3 Å². The standard InChI is InChI=1S/C36H37ClF8N10O3/c1-32(2,35(40,41)42)17-33(3,22-7-4-20(5-8-22)25-15-48-55(52-25)23-9-10-23)50-30(46)53(19-56)27(16-58-31(57)51-34(12-13-34)36(43,44)45)21-6-11-24(37)26(14-21)54-29(28(38)39)47-18-49-54/h4-8,11,14-15,18-19,23,27-28H,9-10,12-13,16-17H2,1-3H3,(H2,46,50)(H,51,57)/t27-,33?/m1/s1. The number of amides is 2. The van der Waals surface area contributed by atoms with Crippen LogP contribution in [0.2, 0.25) is 5.02 Å². The molecule has 2 saturated carbocycles. The third-order valence-electron chi connectivity index (χ3n) is 10.2. The van der Waals surface area contributed by atoms with Gasteiger partial charge in [0.25, 0.3) is 6.43 Å². The van der Waals surface area contributed by atoms with Gasteiger partial charge in [-0.2, -0.15) is 46.4 Å². The van der Waals surface area contributed by atoms with Crippen molar-refractivity contribution in [1.29, 1.82) is 5.41 Å². The first kappa shape index (κ1) is 42.3. The van der Waals surface area contributed by atoms with Crippen molar-refractivity contribution in [3.63, 3.8) is 0 Å². The number of carbonyl (C=O) groups is 2. The molecule has 1 unspecified atom stereocenters. The highest BCUT2D eigenvalue weighted by Gasteiger charge is 2.64.